The molecule has 0 radical (unpaired) electrons. The summed E-state index contributed by atoms with van der Waals surface area (Å²) in [5, 5.41) is 13.4. The normalized spacial score (nSPS) is 27.6. The predicted molar refractivity (Wildman–Crippen MR) is 66.3 cm³/mol. The lowest BCUT2D eigenvalue weighted by Crippen LogP contribution is -2.43. The van der Waals surface area contributed by atoms with Gasteiger partial charge in [0.25, 0.3) is 0 Å². The van der Waals surface area contributed by atoms with E-state index < -0.39 is 0 Å². The van der Waals surface area contributed by atoms with E-state index in [0.717, 1.165) is 12.8 Å². The Morgan fingerprint density at radius 3 is 2.56 bits per heavy atom. The van der Waals surface area contributed by atoms with E-state index in [4.69, 9.17) is 0 Å². The summed E-state index contributed by atoms with van der Waals surface area (Å²) in [6.45, 7) is 2.16. The summed E-state index contributed by atoms with van der Waals surface area (Å²) in [5.74, 6) is 0. The molecule has 1 fully saturated rings. The molecule has 0 amide bonds. The van der Waals surface area contributed by atoms with Crippen LogP contribution in [0.3, 0.4) is 0 Å². The zero-order valence-electron chi connectivity index (χ0n) is 9.89. The van der Waals surface area contributed by atoms with Gasteiger partial charge >= 0.3 is 0 Å². The van der Waals surface area contributed by atoms with Gasteiger partial charge in [-0.05, 0) is 25.3 Å². The zero-order chi connectivity index (χ0) is 11.4. The predicted octanol–water partition coefficient (Wildman–Crippen LogP) is 2.64. The Bertz CT molecular complexity index is 312. The first-order valence-electron chi connectivity index (χ1n) is 6.26. The maximum absolute atomic E-state index is 9.90. The molecule has 3 atom stereocenters. The Balaban J connectivity index is 1.94. The lowest BCUT2D eigenvalue weighted by Gasteiger charge is -2.31. The minimum Gasteiger partial charge on any atom is -0.392 e. The third kappa shape index (κ3) is 2.83. The fourth-order valence-electron chi connectivity index (χ4n) is 2.46. The Morgan fingerprint density at radius 2 is 1.88 bits per heavy atom. The van der Waals surface area contributed by atoms with Crippen LogP contribution >= 0.6 is 0 Å². The molecule has 1 aromatic carbocycles. The van der Waals surface area contributed by atoms with Gasteiger partial charge in [0.15, 0.2) is 0 Å². The summed E-state index contributed by atoms with van der Waals surface area (Å²) >= 11 is 0. The van der Waals surface area contributed by atoms with Crippen molar-refractivity contribution in [2.45, 2.75) is 50.8 Å². The summed E-state index contributed by atoms with van der Waals surface area (Å²) in [4.78, 5) is 0. The molecule has 1 aliphatic rings. The summed E-state index contributed by atoms with van der Waals surface area (Å²) < 4.78 is 0. The largest absolute Gasteiger partial charge is 0.392 e. The summed E-state index contributed by atoms with van der Waals surface area (Å²) in [6.07, 6.45) is 4.27. The van der Waals surface area contributed by atoms with Gasteiger partial charge in [0.2, 0.25) is 0 Å². The van der Waals surface area contributed by atoms with Crippen molar-refractivity contribution in [3.8, 4) is 0 Å². The topological polar surface area (TPSA) is 32.3 Å². The van der Waals surface area contributed by atoms with Crippen LogP contribution in [0.2, 0.25) is 0 Å². The van der Waals surface area contributed by atoms with Crippen molar-refractivity contribution in [1.29, 1.82) is 0 Å². The fraction of sp³-hybridized carbons (Fsp3) is 0.571. The van der Waals surface area contributed by atoms with Gasteiger partial charge in [-0.1, -0.05) is 43.2 Å². The van der Waals surface area contributed by atoms with E-state index in [0.29, 0.717) is 6.04 Å². The molecule has 1 aliphatic carbocycles. The van der Waals surface area contributed by atoms with E-state index >= 15 is 0 Å². The van der Waals surface area contributed by atoms with Crippen LogP contribution in [0.15, 0.2) is 30.3 Å². The molecule has 0 aliphatic heterocycles. The van der Waals surface area contributed by atoms with Crippen molar-refractivity contribution < 1.29 is 5.11 Å². The SMILES string of the molecule is CC(N[C@H]1CCCC[C@H]1O)c1ccccc1. The third-order valence-corrected chi connectivity index (χ3v) is 3.49. The van der Waals surface area contributed by atoms with Crippen LogP contribution in [-0.4, -0.2) is 17.3 Å². The highest BCUT2D eigenvalue weighted by atomic mass is 16.3. The van der Waals surface area contributed by atoms with Crippen molar-refractivity contribution in [3.63, 3.8) is 0 Å². The van der Waals surface area contributed by atoms with E-state index in [9.17, 15) is 5.11 Å². The van der Waals surface area contributed by atoms with Gasteiger partial charge in [0, 0.05) is 12.1 Å². The zero-order valence-corrected chi connectivity index (χ0v) is 9.89. The molecule has 0 heterocycles. The Morgan fingerprint density at radius 1 is 1.19 bits per heavy atom. The first kappa shape index (κ1) is 11.6. The van der Waals surface area contributed by atoms with Gasteiger partial charge in [-0.25, -0.2) is 0 Å². The summed E-state index contributed by atoms with van der Waals surface area (Å²) in [7, 11) is 0. The van der Waals surface area contributed by atoms with Gasteiger partial charge in [-0.15, -0.1) is 0 Å². The molecule has 2 rings (SSSR count). The van der Waals surface area contributed by atoms with Gasteiger partial charge in [0.05, 0.1) is 6.10 Å². The third-order valence-electron chi connectivity index (χ3n) is 3.49. The standard InChI is InChI=1S/C14H21NO/c1-11(12-7-3-2-4-8-12)15-13-9-5-6-10-14(13)16/h2-4,7-8,11,13-16H,5-6,9-10H2,1H3/t11?,13-,14+/m0/s1. The van der Waals surface area contributed by atoms with E-state index in [1.165, 1.54) is 18.4 Å². The number of aliphatic hydroxyl groups excluding tert-OH is 1. The summed E-state index contributed by atoms with van der Waals surface area (Å²) in [6, 6.07) is 11.0. The van der Waals surface area contributed by atoms with Crippen LogP contribution < -0.4 is 5.32 Å². The first-order valence-corrected chi connectivity index (χ1v) is 6.26. The lowest BCUT2D eigenvalue weighted by atomic mass is 9.91. The minimum atomic E-state index is -0.167. The first-order chi connectivity index (χ1) is 7.77. The Hall–Kier alpha value is -0.860. The van der Waals surface area contributed by atoms with Gasteiger partial charge in [0.1, 0.15) is 0 Å². The molecule has 0 spiro atoms. The van der Waals surface area contributed by atoms with E-state index in [1.807, 2.05) is 6.07 Å². The van der Waals surface area contributed by atoms with Gasteiger partial charge in [-0.3, -0.25) is 0 Å². The second kappa shape index (κ2) is 5.46. The molecule has 0 saturated heterocycles. The average Bonchev–Trinajstić information content (AvgIpc) is 2.33. The average molecular weight is 219 g/mol. The van der Waals surface area contributed by atoms with Crippen LogP contribution in [-0.2, 0) is 0 Å². The molecule has 0 aromatic heterocycles. The Kier molecular flexibility index (Phi) is 3.97. The van der Waals surface area contributed by atoms with E-state index in [1.54, 1.807) is 0 Å². The Labute approximate surface area is 97.7 Å². The lowest BCUT2D eigenvalue weighted by molar-refractivity contribution is 0.0860. The molecule has 0 bridgehead atoms. The van der Waals surface area contributed by atoms with Crippen LogP contribution in [0.4, 0.5) is 0 Å². The highest BCUT2D eigenvalue weighted by Gasteiger charge is 2.24. The number of aliphatic hydroxyl groups is 1. The minimum absolute atomic E-state index is 0.167. The van der Waals surface area contributed by atoms with Crippen molar-refractivity contribution in [1.82, 2.24) is 5.32 Å². The van der Waals surface area contributed by atoms with Crippen LogP contribution in [0.25, 0.3) is 0 Å². The van der Waals surface area contributed by atoms with Crippen molar-refractivity contribution in [3.05, 3.63) is 35.9 Å². The molecule has 1 unspecified atom stereocenters. The van der Waals surface area contributed by atoms with Crippen LogP contribution in [0.1, 0.15) is 44.2 Å². The number of hydrogen-bond donors (Lipinski definition) is 2. The van der Waals surface area contributed by atoms with E-state index in [2.05, 4.69) is 36.5 Å². The highest BCUT2D eigenvalue weighted by molar-refractivity contribution is 5.18. The number of hydrogen-bond acceptors (Lipinski definition) is 2. The van der Waals surface area contributed by atoms with E-state index in [-0.39, 0.29) is 12.1 Å². The maximum Gasteiger partial charge on any atom is 0.0693 e. The van der Waals surface area contributed by atoms with Crippen LogP contribution in [0, 0.1) is 0 Å². The van der Waals surface area contributed by atoms with Gasteiger partial charge < -0.3 is 10.4 Å². The molecular weight excluding hydrogens is 198 g/mol. The van der Waals surface area contributed by atoms with Crippen LogP contribution in [0.5, 0.6) is 0 Å². The number of rotatable bonds is 3. The second-order valence-electron chi connectivity index (χ2n) is 4.76. The molecule has 2 nitrogen and oxygen atoms in total. The van der Waals surface area contributed by atoms with Crippen molar-refractivity contribution in [2.24, 2.45) is 0 Å². The second-order valence-corrected chi connectivity index (χ2v) is 4.76. The molecule has 2 heteroatoms. The molecule has 16 heavy (non-hydrogen) atoms. The monoisotopic (exact) mass is 219 g/mol. The highest BCUT2D eigenvalue weighted by Crippen LogP contribution is 2.21. The number of nitrogens with one attached hydrogen (secondary N) is 1. The van der Waals surface area contributed by atoms with Crippen molar-refractivity contribution in [2.75, 3.05) is 0 Å². The fourth-order valence-corrected chi connectivity index (χ4v) is 2.46. The quantitative estimate of drug-likeness (QED) is 0.819. The molecule has 88 valence electrons. The van der Waals surface area contributed by atoms with Gasteiger partial charge in [-0.2, -0.15) is 0 Å². The molecule has 2 N–H and O–H groups in total. The summed E-state index contributed by atoms with van der Waals surface area (Å²) in [5.41, 5.74) is 1.29. The molecule has 1 saturated carbocycles. The van der Waals surface area contributed by atoms with Crippen molar-refractivity contribution >= 4 is 0 Å². The number of benzene rings is 1. The molecular formula is C14H21NO. The molecule has 1 aromatic rings. The maximum atomic E-state index is 9.90. The smallest absolute Gasteiger partial charge is 0.0693 e.